The van der Waals surface area contributed by atoms with Gasteiger partial charge >= 0.3 is 5.97 Å². The highest BCUT2D eigenvalue weighted by Gasteiger charge is 2.85. The summed E-state index contributed by atoms with van der Waals surface area (Å²) < 4.78 is 34.1. The maximum Gasteiger partial charge on any atom is 0.306 e. The minimum atomic E-state index is -4.14. The van der Waals surface area contributed by atoms with Gasteiger partial charge in [-0.1, -0.05) is 58.4 Å². The molecule has 0 bridgehead atoms. The van der Waals surface area contributed by atoms with Gasteiger partial charge in [0.1, 0.15) is 6.10 Å². The fraction of sp³-hybridized carbons (Fsp3) is 0.676. The van der Waals surface area contributed by atoms with E-state index in [2.05, 4.69) is 25.1 Å². The number of hydrogen-bond acceptors (Lipinski definition) is 7. The van der Waals surface area contributed by atoms with Crippen molar-refractivity contribution in [2.45, 2.75) is 115 Å². The van der Waals surface area contributed by atoms with Crippen LogP contribution in [0.25, 0.3) is 0 Å². The van der Waals surface area contributed by atoms with Crippen molar-refractivity contribution in [1.29, 1.82) is 0 Å². The number of allylic oxidation sites excluding steroid dienone is 1. The maximum absolute atomic E-state index is 14.5. The third-order valence-corrected chi connectivity index (χ3v) is 14.6. The summed E-state index contributed by atoms with van der Waals surface area (Å²) in [5, 5.41) is 0. The lowest BCUT2D eigenvalue weighted by molar-refractivity contribution is -0.155. The van der Waals surface area contributed by atoms with Crippen LogP contribution in [0.15, 0.2) is 47.9 Å². The van der Waals surface area contributed by atoms with Crippen molar-refractivity contribution < 1.29 is 32.3 Å². The van der Waals surface area contributed by atoms with Gasteiger partial charge < -0.3 is 9.64 Å². The molecule has 2 spiro atoms. The third kappa shape index (κ3) is 5.37. The van der Waals surface area contributed by atoms with E-state index in [9.17, 15) is 27.6 Å². The zero-order valence-corrected chi connectivity index (χ0v) is 29.1. The standard InChI is InChI=1S/C37H50N2O7S/c1-6-25-20-35(25,33(43)38-47(44,45)27-15-8-7-9-16-27)22-30(40)29-21-37(34(4,5)36(37)17-12-18-36)23-39(29)32(42)28(24(2)3)19-31(41)46-26-13-10-11-14-26/h6-9,15-16,24-26,28-29H,1,10-14,17-23H2,2-5H3,(H,38,43)/t25-,28+,29+,35-,37-/m1/s1. The van der Waals surface area contributed by atoms with Crippen LogP contribution in [0.4, 0.5) is 0 Å². The molecular weight excluding hydrogens is 616 g/mol. The summed E-state index contributed by atoms with van der Waals surface area (Å²) in [5.74, 6) is -2.68. The van der Waals surface area contributed by atoms with Crippen LogP contribution in [0.5, 0.6) is 0 Å². The lowest BCUT2D eigenvalue weighted by Gasteiger charge is -2.32. The van der Waals surface area contributed by atoms with Crippen molar-refractivity contribution in [3.8, 4) is 0 Å². The molecule has 1 saturated heterocycles. The van der Waals surface area contributed by atoms with Crippen LogP contribution in [-0.4, -0.2) is 55.6 Å². The Hall–Kier alpha value is -3.01. The predicted molar refractivity (Wildman–Crippen MR) is 176 cm³/mol. The number of nitrogens with one attached hydrogen (secondary N) is 1. The molecular formula is C37H50N2O7S. The van der Waals surface area contributed by atoms with Crippen LogP contribution < -0.4 is 4.72 Å². The molecule has 1 aliphatic heterocycles. The van der Waals surface area contributed by atoms with Gasteiger partial charge in [-0.05, 0) is 86.2 Å². The minimum Gasteiger partial charge on any atom is -0.462 e. The van der Waals surface area contributed by atoms with Gasteiger partial charge in [-0.3, -0.25) is 19.2 Å². The Balaban J connectivity index is 1.25. The zero-order chi connectivity index (χ0) is 34.0. The highest BCUT2D eigenvalue weighted by molar-refractivity contribution is 7.90. The van der Waals surface area contributed by atoms with E-state index >= 15 is 0 Å². The van der Waals surface area contributed by atoms with E-state index < -0.39 is 33.3 Å². The molecule has 4 saturated carbocycles. The van der Waals surface area contributed by atoms with Gasteiger partial charge in [0, 0.05) is 18.4 Å². The van der Waals surface area contributed by atoms with Crippen LogP contribution in [0.2, 0.25) is 0 Å². The molecule has 1 aromatic rings. The van der Waals surface area contributed by atoms with Crippen molar-refractivity contribution in [3.05, 3.63) is 43.0 Å². The van der Waals surface area contributed by atoms with Crippen molar-refractivity contribution in [1.82, 2.24) is 9.62 Å². The molecule has 1 heterocycles. The van der Waals surface area contributed by atoms with Gasteiger partial charge in [-0.15, -0.1) is 6.58 Å². The van der Waals surface area contributed by atoms with E-state index in [-0.39, 0.29) is 69.6 Å². The second kappa shape index (κ2) is 11.8. The lowest BCUT2D eigenvalue weighted by atomic mass is 9.73. The molecule has 5 aliphatic rings. The number of nitrogens with zero attached hydrogens (tertiary/aromatic N) is 1. The van der Waals surface area contributed by atoms with Crippen molar-refractivity contribution in [2.24, 2.45) is 39.4 Å². The molecule has 10 heteroatoms. The van der Waals surface area contributed by atoms with Gasteiger partial charge in [0.05, 0.1) is 28.7 Å². The Kier molecular flexibility index (Phi) is 8.54. The summed E-state index contributed by atoms with van der Waals surface area (Å²) >= 11 is 0. The number of likely N-dealkylation sites (tertiary alicyclic amines) is 1. The fourth-order valence-corrected chi connectivity index (χ4v) is 10.9. The molecule has 9 nitrogen and oxygen atoms in total. The average molecular weight is 667 g/mol. The number of carbonyl (C=O) groups is 4. The smallest absolute Gasteiger partial charge is 0.306 e. The first-order valence-corrected chi connectivity index (χ1v) is 18.9. The first kappa shape index (κ1) is 33.9. The first-order chi connectivity index (χ1) is 22.1. The topological polar surface area (TPSA) is 127 Å². The van der Waals surface area contributed by atoms with Crippen molar-refractivity contribution in [2.75, 3.05) is 6.54 Å². The van der Waals surface area contributed by atoms with Crippen LogP contribution in [0.3, 0.4) is 0 Å². The highest BCUT2D eigenvalue weighted by Crippen LogP contribution is 2.88. The third-order valence-electron chi connectivity index (χ3n) is 13.2. The van der Waals surface area contributed by atoms with E-state index in [1.54, 1.807) is 29.2 Å². The number of fused-ring (bicyclic) bond motifs is 1. The normalized spacial score (nSPS) is 31.0. The van der Waals surface area contributed by atoms with E-state index in [1.807, 2.05) is 13.8 Å². The number of ether oxygens (including phenoxy) is 1. The van der Waals surface area contributed by atoms with Crippen LogP contribution >= 0.6 is 0 Å². The van der Waals surface area contributed by atoms with Gasteiger partial charge in [0.15, 0.2) is 5.78 Å². The quantitative estimate of drug-likeness (QED) is 0.228. The van der Waals surface area contributed by atoms with Crippen molar-refractivity contribution >= 4 is 33.6 Å². The highest BCUT2D eigenvalue weighted by atomic mass is 32.2. The molecule has 6 rings (SSSR count). The second-order valence-corrected chi connectivity index (χ2v) is 17.6. The van der Waals surface area contributed by atoms with E-state index in [4.69, 9.17) is 4.74 Å². The number of rotatable bonds is 12. The predicted octanol–water partition coefficient (Wildman–Crippen LogP) is 5.59. The van der Waals surface area contributed by atoms with E-state index in [0.717, 1.165) is 44.9 Å². The number of sulfonamides is 1. The van der Waals surface area contributed by atoms with Gasteiger partial charge in [-0.2, -0.15) is 0 Å². The Morgan fingerprint density at radius 2 is 1.68 bits per heavy atom. The molecule has 2 amide bonds. The van der Waals surface area contributed by atoms with Gasteiger partial charge in [-0.25, -0.2) is 13.1 Å². The Labute approximate surface area is 279 Å². The lowest BCUT2D eigenvalue weighted by Crippen LogP contribution is -2.47. The number of carbonyl (C=O) groups excluding carboxylic acids is 4. The summed E-state index contributed by atoms with van der Waals surface area (Å²) in [4.78, 5) is 57.4. The number of Topliss-reactive ketones (excluding diaryl/α,β-unsaturated/α-hetero) is 1. The second-order valence-electron chi connectivity index (χ2n) is 15.9. The summed E-state index contributed by atoms with van der Waals surface area (Å²) in [6.45, 7) is 12.6. The SMILES string of the molecule is C=C[C@@H]1C[C@]1(CC(=O)[C@@H]1C[C@@]2(CN1C(=O)[C@@H](CC(=O)OC1CCCC1)C(C)C)C(C)(C)C21CCC1)C(=O)NS(=O)(=O)c1ccccc1. The largest absolute Gasteiger partial charge is 0.462 e. The molecule has 256 valence electrons. The van der Waals surface area contributed by atoms with Crippen molar-refractivity contribution in [3.63, 3.8) is 0 Å². The average Bonchev–Trinajstić information content (AvgIpc) is 3.49. The number of esters is 1. The number of ketones is 1. The molecule has 1 aromatic carbocycles. The Morgan fingerprint density at radius 1 is 1.02 bits per heavy atom. The summed E-state index contributed by atoms with van der Waals surface area (Å²) in [6.07, 6.45) is 9.13. The van der Waals surface area contributed by atoms with Gasteiger partial charge in [0.25, 0.3) is 10.0 Å². The van der Waals surface area contributed by atoms with Gasteiger partial charge in [0.2, 0.25) is 11.8 Å². The van der Waals surface area contributed by atoms with Crippen LogP contribution in [0.1, 0.15) is 98.3 Å². The molecule has 5 fully saturated rings. The molecule has 0 radical (unpaired) electrons. The summed E-state index contributed by atoms with van der Waals surface area (Å²) in [6, 6.07) is 6.92. The molecule has 4 aliphatic carbocycles. The zero-order valence-electron chi connectivity index (χ0n) is 28.3. The molecule has 0 aromatic heterocycles. The minimum absolute atomic E-state index is 0.0336. The Morgan fingerprint density at radius 3 is 2.21 bits per heavy atom. The fourth-order valence-electron chi connectivity index (χ4n) is 9.86. The summed E-state index contributed by atoms with van der Waals surface area (Å²) in [5.41, 5.74) is -1.44. The number of benzene rings is 1. The number of hydrogen-bond donors (Lipinski definition) is 1. The molecule has 5 atom stereocenters. The van der Waals surface area contributed by atoms with Crippen LogP contribution in [0, 0.1) is 39.4 Å². The number of amides is 2. The Bertz CT molecular complexity index is 1560. The monoisotopic (exact) mass is 666 g/mol. The first-order valence-electron chi connectivity index (χ1n) is 17.4. The maximum atomic E-state index is 14.5. The molecule has 1 N–H and O–H groups in total. The van der Waals surface area contributed by atoms with E-state index in [1.165, 1.54) is 12.1 Å². The van der Waals surface area contributed by atoms with E-state index in [0.29, 0.717) is 19.4 Å². The molecule has 0 unspecified atom stereocenters. The van der Waals surface area contributed by atoms with Crippen LogP contribution in [-0.2, 0) is 33.9 Å². The summed E-state index contributed by atoms with van der Waals surface area (Å²) in [7, 11) is -4.14. The molecule has 47 heavy (non-hydrogen) atoms.